The lowest BCUT2D eigenvalue weighted by atomic mass is 9.49. The predicted molar refractivity (Wildman–Crippen MR) is 57.6 cm³/mol. The van der Waals surface area contributed by atoms with Crippen LogP contribution in [0.25, 0.3) is 0 Å². The maximum absolute atomic E-state index is 2.56. The Bertz CT molecular complexity index is 176. The molecule has 3 rings (SSSR count). The summed E-state index contributed by atoms with van der Waals surface area (Å²) in [6, 6.07) is 0. The molecular formula is C13H24. The maximum atomic E-state index is 2.56. The maximum Gasteiger partial charge on any atom is -0.0272 e. The molecule has 0 radical (unpaired) electrons. The highest BCUT2D eigenvalue weighted by molar-refractivity contribution is 4.99. The molecule has 0 aromatic heterocycles. The lowest BCUT2D eigenvalue weighted by Gasteiger charge is -2.56. The third kappa shape index (κ3) is 1.43. The van der Waals surface area contributed by atoms with Crippen molar-refractivity contribution in [3.63, 3.8) is 0 Å². The Hall–Kier alpha value is 0. The molecule has 0 aliphatic heterocycles. The van der Waals surface area contributed by atoms with E-state index >= 15 is 0 Å². The summed E-state index contributed by atoms with van der Waals surface area (Å²) in [5.41, 5.74) is 0.713. The summed E-state index contributed by atoms with van der Waals surface area (Å²) >= 11 is 0. The molecular weight excluding hydrogens is 156 g/mol. The zero-order valence-corrected chi connectivity index (χ0v) is 9.47. The zero-order chi connectivity index (χ0) is 9.47. The average molecular weight is 180 g/mol. The molecule has 0 heteroatoms. The fraction of sp³-hybridized carbons (Fsp3) is 1.00. The molecule has 13 heavy (non-hydrogen) atoms. The van der Waals surface area contributed by atoms with Crippen LogP contribution in [-0.4, -0.2) is 0 Å². The van der Waals surface area contributed by atoms with Crippen molar-refractivity contribution in [2.75, 3.05) is 0 Å². The van der Waals surface area contributed by atoms with Crippen molar-refractivity contribution in [2.24, 2.45) is 23.2 Å². The number of hydrogen-bond acceptors (Lipinski definition) is 0. The van der Waals surface area contributed by atoms with Crippen molar-refractivity contribution >= 4 is 0 Å². The van der Waals surface area contributed by atoms with E-state index in [2.05, 4.69) is 20.8 Å². The minimum atomic E-state index is 0.713. The summed E-state index contributed by atoms with van der Waals surface area (Å²) in [7, 11) is 0. The summed E-state index contributed by atoms with van der Waals surface area (Å²) in [4.78, 5) is 0. The van der Waals surface area contributed by atoms with Crippen molar-refractivity contribution in [3.05, 3.63) is 0 Å². The first-order valence-corrected chi connectivity index (χ1v) is 6.16. The van der Waals surface area contributed by atoms with Crippen LogP contribution < -0.4 is 0 Å². The number of fused-ring (bicyclic) bond motifs is 2. The van der Waals surface area contributed by atoms with Gasteiger partial charge in [-0.05, 0) is 48.9 Å². The molecule has 0 unspecified atom stereocenters. The molecule has 0 aromatic rings. The number of hydrogen-bond donors (Lipinski definition) is 0. The molecule has 0 amide bonds. The molecule has 76 valence electrons. The first kappa shape index (κ1) is 9.55. The Balaban J connectivity index is 2.00. The van der Waals surface area contributed by atoms with Gasteiger partial charge in [-0.2, -0.15) is 0 Å². The van der Waals surface area contributed by atoms with Gasteiger partial charge in [-0.3, -0.25) is 0 Å². The van der Waals surface area contributed by atoms with Crippen LogP contribution in [0.5, 0.6) is 0 Å². The van der Waals surface area contributed by atoms with Crippen LogP contribution in [0.4, 0.5) is 0 Å². The van der Waals surface area contributed by atoms with Gasteiger partial charge in [-0.1, -0.05) is 33.6 Å². The molecule has 0 aromatic carbocycles. The zero-order valence-electron chi connectivity index (χ0n) is 9.47. The van der Waals surface area contributed by atoms with Crippen LogP contribution in [0.15, 0.2) is 0 Å². The predicted octanol–water partition coefficient (Wildman–Crippen LogP) is 4.25. The van der Waals surface area contributed by atoms with Crippen molar-refractivity contribution in [3.8, 4) is 0 Å². The first-order chi connectivity index (χ1) is 6.16. The Morgan fingerprint density at radius 2 is 2.08 bits per heavy atom. The molecule has 2 atom stereocenters. The fourth-order valence-corrected chi connectivity index (χ4v) is 3.64. The largest absolute Gasteiger partial charge is 0.0654 e. The average Bonchev–Trinajstić information content (AvgIpc) is 2.03. The van der Waals surface area contributed by atoms with Gasteiger partial charge in [0.15, 0.2) is 0 Å². The van der Waals surface area contributed by atoms with E-state index in [-0.39, 0.29) is 0 Å². The molecule has 3 saturated carbocycles. The highest BCUT2D eigenvalue weighted by Crippen LogP contribution is 2.59. The SMILES string of the molecule is CCC[C@H](C)[C@]1(C)CCC2CC1C2. The van der Waals surface area contributed by atoms with Gasteiger partial charge in [0.05, 0.1) is 0 Å². The highest BCUT2D eigenvalue weighted by Gasteiger charge is 2.49. The van der Waals surface area contributed by atoms with Gasteiger partial charge in [0.25, 0.3) is 0 Å². The van der Waals surface area contributed by atoms with Gasteiger partial charge >= 0.3 is 0 Å². The summed E-state index contributed by atoms with van der Waals surface area (Å²) in [6.07, 6.45) is 8.98. The van der Waals surface area contributed by atoms with E-state index in [1.54, 1.807) is 12.8 Å². The fourth-order valence-electron chi connectivity index (χ4n) is 3.64. The van der Waals surface area contributed by atoms with E-state index in [0.29, 0.717) is 5.41 Å². The van der Waals surface area contributed by atoms with Crippen molar-refractivity contribution in [2.45, 2.75) is 59.3 Å². The Kier molecular flexibility index (Phi) is 2.42. The van der Waals surface area contributed by atoms with Crippen molar-refractivity contribution in [1.82, 2.24) is 0 Å². The second kappa shape index (κ2) is 3.29. The second-order valence-electron chi connectivity index (χ2n) is 5.77. The molecule has 2 bridgehead atoms. The smallest absolute Gasteiger partial charge is 0.0272 e. The van der Waals surface area contributed by atoms with E-state index in [4.69, 9.17) is 0 Å². The third-order valence-electron chi connectivity index (χ3n) is 5.11. The van der Waals surface area contributed by atoms with E-state index in [0.717, 1.165) is 17.8 Å². The first-order valence-electron chi connectivity index (χ1n) is 6.16. The van der Waals surface area contributed by atoms with Crippen molar-refractivity contribution in [1.29, 1.82) is 0 Å². The number of rotatable bonds is 3. The Labute approximate surface area is 83.1 Å². The minimum Gasteiger partial charge on any atom is -0.0654 e. The van der Waals surface area contributed by atoms with Crippen LogP contribution >= 0.6 is 0 Å². The Morgan fingerprint density at radius 1 is 1.38 bits per heavy atom. The second-order valence-corrected chi connectivity index (χ2v) is 5.77. The molecule has 0 nitrogen and oxygen atoms in total. The van der Waals surface area contributed by atoms with Crippen LogP contribution in [0, 0.1) is 23.2 Å². The lowest BCUT2D eigenvalue weighted by Crippen LogP contribution is -2.46. The van der Waals surface area contributed by atoms with Crippen LogP contribution in [0.3, 0.4) is 0 Å². The molecule has 3 fully saturated rings. The molecule has 0 N–H and O–H groups in total. The van der Waals surface area contributed by atoms with Gasteiger partial charge in [0.2, 0.25) is 0 Å². The summed E-state index contributed by atoms with van der Waals surface area (Å²) in [5, 5.41) is 0. The summed E-state index contributed by atoms with van der Waals surface area (Å²) in [6.45, 7) is 7.38. The standard InChI is InChI=1S/C13H24/c1-4-5-10(2)13(3)7-6-11-8-12(13)9-11/h10-12H,4-9H2,1-3H3/t10-,11?,12?,13-/m0/s1. The normalized spacial score (nSPS) is 45.5. The topological polar surface area (TPSA) is 0 Å². The van der Waals surface area contributed by atoms with Crippen LogP contribution in [0.2, 0.25) is 0 Å². The third-order valence-corrected chi connectivity index (χ3v) is 5.11. The van der Waals surface area contributed by atoms with Gasteiger partial charge in [-0.25, -0.2) is 0 Å². The summed E-state index contributed by atoms with van der Waals surface area (Å²) in [5.74, 6) is 3.18. The van der Waals surface area contributed by atoms with Crippen molar-refractivity contribution < 1.29 is 0 Å². The van der Waals surface area contributed by atoms with E-state index in [1.807, 2.05) is 0 Å². The molecule has 0 heterocycles. The Morgan fingerprint density at radius 3 is 2.54 bits per heavy atom. The van der Waals surface area contributed by atoms with E-state index < -0.39 is 0 Å². The molecule has 0 spiro atoms. The molecule has 3 aliphatic carbocycles. The summed E-state index contributed by atoms with van der Waals surface area (Å²) < 4.78 is 0. The minimum absolute atomic E-state index is 0.713. The van der Waals surface area contributed by atoms with Gasteiger partial charge in [-0.15, -0.1) is 0 Å². The van der Waals surface area contributed by atoms with E-state index in [1.165, 1.54) is 25.7 Å². The monoisotopic (exact) mass is 180 g/mol. The van der Waals surface area contributed by atoms with E-state index in [9.17, 15) is 0 Å². The molecule has 3 aliphatic rings. The van der Waals surface area contributed by atoms with Gasteiger partial charge in [0.1, 0.15) is 0 Å². The van der Waals surface area contributed by atoms with Gasteiger partial charge < -0.3 is 0 Å². The van der Waals surface area contributed by atoms with Gasteiger partial charge in [0, 0.05) is 0 Å². The quantitative estimate of drug-likeness (QED) is 0.609. The van der Waals surface area contributed by atoms with Crippen LogP contribution in [0.1, 0.15) is 59.3 Å². The van der Waals surface area contributed by atoms with Crippen LogP contribution in [-0.2, 0) is 0 Å². The molecule has 0 saturated heterocycles. The lowest BCUT2D eigenvalue weighted by molar-refractivity contribution is -0.0598. The highest BCUT2D eigenvalue weighted by atomic mass is 14.5.